The minimum Gasteiger partial charge on any atom is -0.376 e. The Morgan fingerprint density at radius 1 is 1.38 bits per heavy atom. The number of rotatable bonds is 4. The number of aromatic nitrogens is 2. The molecule has 1 atom stereocenters. The van der Waals surface area contributed by atoms with E-state index in [1.807, 2.05) is 30.8 Å². The molecule has 1 N–H and O–H groups in total. The Hall–Kier alpha value is -1.42. The quantitative estimate of drug-likeness (QED) is 0.879. The van der Waals surface area contributed by atoms with Gasteiger partial charge in [0.15, 0.2) is 0 Å². The van der Waals surface area contributed by atoms with E-state index >= 15 is 0 Å². The van der Waals surface area contributed by atoms with Crippen molar-refractivity contribution in [3.63, 3.8) is 0 Å². The molecular weight excluding hydrogens is 218 g/mol. The van der Waals surface area contributed by atoms with E-state index in [9.17, 15) is 0 Å². The topological polar surface area (TPSA) is 37.8 Å². The molecule has 2 heterocycles. The molecule has 0 spiro atoms. The van der Waals surface area contributed by atoms with Gasteiger partial charge in [0.05, 0.1) is 6.04 Å². The molecule has 0 saturated carbocycles. The van der Waals surface area contributed by atoms with Crippen LogP contribution in [0.4, 0.5) is 5.69 Å². The molecule has 0 aromatic carbocycles. The van der Waals surface area contributed by atoms with E-state index in [-0.39, 0.29) is 0 Å². The fourth-order valence-electron chi connectivity index (χ4n) is 1.58. The van der Waals surface area contributed by atoms with Gasteiger partial charge in [-0.15, -0.1) is 11.3 Å². The smallest absolute Gasteiger partial charge is 0.115 e. The van der Waals surface area contributed by atoms with Crippen LogP contribution in [0.3, 0.4) is 0 Å². The summed E-state index contributed by atoms with van der Waals surface area (Å²) in [5.41, 5.74) is 2.13. The number of aryl methyl sites for hydroxylation is 1. The summed E-state index contributed by atoms with van der Waals surface area (Å²) < 4.78 is 0. The van der Waals surface area contributed by atoms with Crippen molar-refractivity contribution in [3.8, 4) is 0 Å². The molecule has 0 aliphatic rings. The number of nitrogens with one attached hydrogen (secondary N) is 1. The van der Waals surface area contributed by atoms with Gasteiger partial charge in [-0.1, -0.05) is 6.92 Å². The molecule has 84 valence electrons. The largest absolute Gasteiger partial charge is 0.376 e. The average Bonchev–Trinajstić information content (AvgIpc) is 2.79. The van der Waals surface area contributed by atoms with Gasteiger partial charge in [0.1, 0.15) is 5.01 Å². The van der Waals surface area contributed by atoms with Gasteiger partial charge in [0.2, 0.25) is 0 Å². The molecule has 3 nitrogen and oxygen atoms in total. The van der Waals surface area contributed by atoms with Crippen molar-refractivity contribution in [2.45, 2.75) is 26.3 Å². The fourth-order valence-corrected chi connectivity index (χ4v) is 2.35. The number of thiazole rings is 1. The molecule has 0 aliphatic heterocycles. The van der Waals surface area contributed by atoms with E-state index in [0.29, 0.717) is 6.04 Å². The van der Waals surface area contributed by atoms with Gasteiger partial charge >= 0.3 is 0 Å². The SMILES string of the molecule is CCC(Nc1ccnc(C)c1)c1nccs1. The number of hydrogen-bond donors (Lipinski definition) is 1. The Kier molecular flexibility index (Phi) is 3.51. The fraction of sp³-hybridized carbons (Fsp3) is 0.333. The average molecular weight is 233 g/mol. The molecule has 2 rings (SSSR count). The first-order valence-corrected chi connectivity index (χ1v) is 6.26. The van der Waals surface area contributed by atoms with Crippen molar-refractivity contribution < 1.29 is 0 Å². The first-order valence-electron chi connectivity index (χ1n) is 5.38. The van der Waals surface area contributed by atoms with Crippen LogP contribution in [0.15, 0.2) is 29.9 Å². The van der Waals surface area contributed by atoms with Crippen LogP contribution in [0.5, 0.6) is 0 Å². The predicted molar refractivity (Wildman–Crippen MR) is 67.7 cm³/mol. The third kappa shape index (κ3) is 2.58. The van der Waals surface area contributed by atoms with Crippen LogP contribution in [0.1, 0.15) is 30.1 Å². The van der Waals surface area contributed by atoms with Gasteiger partial charge in [-0.2, -0.15) is 0 Å². The molecule has 0 bridgehead atoms. The van der Waals surface area contributed by atoms with E-state index in [2.05, 4.69) is 28.3 Å². The summed E-state index contributed by atoms with van der Waals surface area (Å²) in [6.07, 6.45) is 4.70. The van der Waals surface area contributed by atoms with Crippen LogP contribution in [0.25, 0.3) is 0 Å². The van der Waals surface area contributed by atoms with Crippen molar-refractivity contribution in [2.24, 2.45) is 0 Å². The molecule has 4 heteroatoms. The second-order valence-electron chi connectivity index (χ2n) is 3.66. The van der Waals surface area contributed by atoms with Crippen molar-refractivity contribution >= 4 is 17.0 Å². The van der Waals surface area contributed by atoms with E-state index in [0.717, 1.165) is 22.8 Å². The lowest BCUT2D eigenvalue weighted by molar-refractivity contribution is 0.741. The minimum absolute atomic E-state index is 0.293. The Morgan fingerprint density at radius 2 is 2.25 bits per heavy atom. The zero-order valence-corrected chi connectivity index (χ0v) is 10.3. The van der Waals surface area contributed by atoms with Crippen LogP contribution in [0.2, 0.25) is 0 Å². The summed E-state index contributed by atoms with van der Waals surface area (Å²) in [6, 6.07) is 4.33. The van der Waals surface area contributed by atoms with E-state index in [1.165, 1.54) is 0 Å². The van der Waals surface area contributed by atoms with Crippen LogP contribution in [-0.4, -0.2) is 9.97 Å². The maximum Gasteiger partial charge on any atom is 0.115 e. The van der Waals surface area contributed by atoms with Crippen LogP contribution < -0.4 is 5.32 Å². The number of anilines is 1. The molecule has 0 radical (unpaired) electrons. The Bertz CT molecular complexity index is 439. The highest BCUT2D eigenvalue weighted by molar-refractivity contribution is 7.09. The normalized spacial score (nSPS) is 12.4. The van der Waals surface area contributed by atoms with E-state index in [4.69, 9.17) is 0 Å². The van der Waals surface area contributed by atoms with Crippen molar-refractivity contribution in [1.29, 1.82) is 0 Å². The summed E-state index contributed by atoms with van der Waals surface area (Å²) in [5.74, 6) is 0. The summed E-state index contributed by atoms with van der Waals surface area (Å²) >= 11 is 1.69. The molecule has 0 aliphatic carbocycles. The van der Waals surface area contributed by atoms with Gasteiger partial charge in [0.25, 0.3) is 0 Å². The summed E-state index contributed by atoms with van der Waals surface area (Å²) in [5, 5.41) is 6.63. The van der Waals surface area contributed by atoms with Gasteiger partial charge in [-0.05, 0) is 25.5 Å². The molecule has 16 heavy (non-hydrogen) atoms. The highest BCUT2D eigenvalue weighted by atomic mass is 32.1. The highest BCUT2D eigenvalue weighted by Crippen LogP contribution is 2.23. The zero-order chi connectivity index (χ0) is 11.4. The van der Waals surface area contributed by atoms with Crippen molar-refractivity contribution in [2.75, 3.05) is 5.32 Å². The highest BCUT2D eigenvalue weighted by Gasteiger charge is 2.11. The summed E-state index contributed by atoms with van der Waals surface area (Å²) in [4.78, 5) is 8.53. The third-order valence-corrected chi connectivity index (χ3v) is 3.28. The number of nitrogens with zero attached hydrogens (tertiary/aromatic N) is 2. The van der Waals surface area contributed by atoms with Gasteiger partial charge in [0, 0.05) is 29.2 Å². The predicted octanol–water partition coefficient (Wildman–Crippen LogP) is 3.41. The summed E-state index contributed by atoms with van der Waals surface area (Å²) in [6.45, 7) is 4.16. The van der Waals surface area contributed by atoms with Gasteiger partial charge < -0.3 is 5.32 Å². The van der Waals surface area contributed by atoms with Crippen LogP contribution in [0, 0.1) is 6.92 Å². The van der Waals surface area contributed by atoms with Crippen molar-refractivity contribution in [1.82, 2.24) is 9.97 Å². The first-order chi connectivity index (χ1) is 7.79. The summed E-state index contributed by atoms with van der Waals surface area (Å²) in [7, 11) is 0. The third-order valence-electron chi connectivity index (χ3n) is 2.40. The Balaban J connectivity index is 2.13. The second-order valence-corrected chi connectivity index (χ2v) is 4.59. The molecule has 1 unspecified atom stereocenters. The lowest BCUT2D eigenvalue weighted by Gasteiger charge is -2.15. The van der Waals surface area contributed by atoms with Crippen LogP contribution >= 0.6 is 11.3 Å². The Labute approximate surface area is 99.6 Å². The lowest BCUT2D eigenvalue weighted by atomic mass is 10.2. The molecule has 2 aromatic rings. The molecule has 0 saturated heterocycles. The van der Waals surface area contributed by atoms with E-state index < -0.39 is 0 Å². The lowest BCUT2D eigenvalue weighted by Crippen LogP contribution is -2.09. The van der Waals surface area contributed by atoms with Crippen LogP contribution in [-0.2, 0) is 0 Å². The molecule has 0 fully saturated rings. The zero-order valence-electron chi connectivity index (χ0n) is 9.47. The van der Waals surface area contributed by atoms with E-state index in [1.54, 1.807) is 11.3 Å². The maximum atomic E-state index is 4.35. The second kappa shape index (κ2) is 5.07. The molecule has 0 amide bonds. The molecular formula is C12H15N3S. The monoisotopic (exact) mass is 233 g/mol. The number of pyridine rings is 1. The molecule has 2 aromatic heterocycles. The van der Waals surface area contributed by atoms with Crippen molar-refractivity contribution in [3.05, 3.63) is 40.6 Å². The Morgan fingerprint density at radius 3 is 2.88 bits per heavy atom. The van der Waals surface area contributed by atoms with Gasteiger partial charge in [-0.3, -0.25) is 4.98 Å². The van der Waals surface area contributed by atoms with Gasteiger partial charge in [-0.25, -0.2) is 4.98 Å². The standard InChI is InChI=1S/C12H15N3S/c1-3-11(12-14-6-7-16-12)15-10-4-5-13-9(2)8-10/h4-8,11H,3H2,1-2H3,(H,13,15). The number of hydrogen-bond acceptors (Lipinski definition) is 4. The minimum atomic E-state index is 0.293. The first kappa shape index (κ1) is 11.1. The maximum absolute atomic E-state index is 4.35.